The number of methoxy groups -OCH3 is 2. The van der Waals surface area contributed by atoms with Gasteiger partial charge in [0.05, 0.1) is 31.7 Å². The Morgan fingerprint density at radius 1 is 0.972 bits per heavy atom. The minimum atomic E-state index is -1.25. The van der Waals surface area contributed by atoms with Crippen LogP contribution in [0.2, 0.25) is 0 Å². The number of hydrogen-bond acceptors (Lipinski definition) is 6. The quantitative estimate of drug-likeness (QED) is 0.447. The maximum absolute atomic E-state index is 13.7. The summed E-state index contributed by atoms with van der Waals surface area (Å²) in [4.78, 5) is 29.5. The molecule has 0 radical (unpaired) electrons. The van der Waals surface area contributed by atoms with Gasteiger partial charge in [0.25, 0.3) is 5.56 Å². The van der Waals surface area contributed by atoms with Gasteiger partial charge in [0.1, 0.15) is 19.1 Å². The summed E-state index contributed by atoms with van der Waals surface area (Å²) in [6.45, 7) is -0.323. The van der Waals surface area contributed by atoms with Crippen molar-refractivity contribution in [3.05, 3.63) is 62.8 Å². The fourth-order valence-corrected chi connectivity index (χ4v) is 4.64. The number of halogens is 2. The number of benzene rings is 2. The average Bonchev–Trinajstić information content (AvgIpc) is 2.90. The van der Waals surface area contributed by atoms with Crippen LogP contribution in [0.5, 0.6) is 17.2 Å². The summed E-state index contributed by atoms with van der Waals surface area (Å²) in [6.07, 6.45) is 0.255. The van der Waals surface area contributed by atoms with E-state index in [-0.39, 0.29) is 23.7 Å². The highest BCUT2D eigenvalue weighted by atomic mass is 19.1. The number of ether oxygens (including phenoxy) is 3. The van der Waals surface area contributed by atoms with E-state index < -0.39 is 30.7 Å². The summed E-state index contributed by atoms with van der Waals surface area (Å²) >= 11 is 0. The molecule has 194 valence electrons. The average molecular weight is 504 g/mol. The van der Waals surface area contributed by atoms with Gasteiger partial charge in [-0.2, -0.15) is 0 Å². The molecular weight excluding hydrogens is 472 g/mol. The molecule has 4 rings (SSSR count). The zero-order chi connectivity index (χ0) is 25.8. The lowest BCUT2D eigenvalue weighted by atomic mass is 10.0. The van der Waals surface area contributed by atoms with Gasteiger partial charge in [-0.15, -0.1) is 0 Å². The number of fused-ring (bicyclic) bond motifs is 1. The van der Waals surface area contributed by atoms with Gasteiger partial charge in [-0.1, -0.05) is 6.07 Å². The second-order valence-electron chi connectivity index (χ2n) is 9.00. The van der Waals surface area contributed by atoms with Crippen LogP contribution in [0, 0.1) is 0 Å². The molecule has 0 spiro atoms. The standard InChI is InChI=1S/C26H31F2N3O5/c1-29-10-8-18(9-11-29)31-22-6-5-19(36-20(14-27)15-28)13-21(22)25(32)30(26(31)33)16-17-4-7-23(34-2)24(12-17)35-3/h4-7,12-13,18,20H,8-11,14-16H2,1-3H3. The van der Waals surface area contributed by atoms with Crippen molar-refractivity contribution in [2.24, 2.45) is 0 Å². The number of nitrogens with zero attached hydrogens (tertiary/aromatic N) is 3. The Bertz CT molecular complexity index is 1330. The van der Waals surface area contributed by atoms with Gasteiger partial charge >= 0.3 is 5.69 Å². The second kappa shape index (κ2) is 11.1. The number of alkyl halides is 2. The van der Waals surface area contributed by atoms with Gasteiger partial charge in [0, 0.05) is 6.04 Å². The SMILES string of the molecule is COc1ccc(Cn2c(=O)c3cc(OC(CF)CF)ccc3n(C3CCN(C)CC3)c2=O)cc1OC. The highest BCUT2D eigenvalue weighted by molar-refractivity contribution is 5.80. The molecule has 2 aromatic carbocycles. The van der Waals surface area contributed by atoms with Crippen LogP contribution in [0.25, 0.3) is 10.9 Å². The first kappa shape index (κ1) is 25.7. The molecule has 3 aromatic rings. The van der Waals surface area contributed by atoms with E-state index in [1.165, 1.54) is 24.9 Å². The molecule has 10 heteroatoms. The van der Waals surface area contributed by atoms with E-state index in [0.717, 1.165) is 25.9 Å². The van der Waals surface area contributed by atoms with E-state index in [4.69, 9.17) is 14.2 Å². The molecule has 0 unspecified atom stereocenters. The summed E-state index contributed by atoms with van der Waals surface area (Å²) in [5.41, 5.74) is 0.253. The van der Waals surface area contributed by atoms with Crippen molar-refractivity contribution in [1.82, 2.24) is 14.0 Å². The van der Waals surface area contributed by atoms with E-state index in [1.807, 2.05) is 7.05 Å². The predicted octanol–water partition coefficient (Wildman–Crippen LogP) is 3.18. The second-order valence-corrected chi connectivity index (χ2v) is 9.00. The highest BCUT2D eigenvalue weighted by Gasteiger charge is 2.24. The van der Waals surface area contributed by atoms with Gasteiger partial charge in [0.2, 0.25) is 0 Å². The largest absolute Gasteiger partial charge is 0.493 e. The monoisotopic (exact) mass is 503 g/mol. The van der Waals surface area contributed by atoms with E-state index in [0.29, 0.717) is 22.6 Å². The molecule has 0 bridgehead atoms. The molecular formula is C26H31F2N3O5. The third-order valence-corrected chi connectivity index (χ3v) is 6.63. The van der Waals surface area contributed by atoms with E-state index in [1.54, 1.807) is 34.9 Å². The van der Waals surface area contributed by atoms with Crippen LogP contribution in [-0.4, -0.2) is 67.8 Å². The molecule has 2 heterocycles. The van der Waals surface area contributed by atoms with E-state index >= 15 is 0 Å². The fourth-order valence-electron chi connectivity index (χ4n) is 4.64. The molecule has 0 atom stereocenters. The van der Waals surface area contributed by atoms with Crippen molar-refractivity contribution in [3.8, 4) is 17.2 Å². The Labute approximate surface area is 207 Å². The topological polar surface area (TPSA) is 74.9 Å². The van der Waals surface area contributed by atoms with E-state index in [9.17, 15) is 18.4 Å². The van der Waals surface area contributed by atoms with E-state index in [2.05, 4.69) is 4.90 Å². The van der Waals surface area contributed by atoms with Crippen molar-refractivity contribution in [1.29, 1.82) is 0 Å². The maximum Gasteiger partial charge on any atom is 0.332 e. The molecule has 0 amide bonds. The normalized spacial score (nSPS) is 14.9. The van der Waals surface area contributed by atoms with Crippen molar-refractivity contribution in [2.45, 2.75) is 31.5 Å². The number of piperidine rings is 1. The van der Waals surface area contributed by atoms with Gasteiger partial charge in [-0.05, 0) is 68.9 Å². The number of rotatable bonds is 9. The van der Waals surface area contributed by atoms with Crippen molar-refractivity contribution in [2.75, 3.05) is 47.7 Å². The lowest BCUT2D eigenvalue weighted by molar-refractivity contribution is 0.134. The first-order valence-electron chi connectivity index (χ1n) is 11.9. The molecule has 1 fully saturated rings. The van der Waals surface area contributed by atoms with Crippen molar-refractivity contribution in [3.63, 3.8) is 0 Å². The number of likely N-dealkylation sites (tertiary alicyclic amines) is 1. The third-order valence-electron chi connectivity index (χ3n) is 6.63. The van der Waals surface area contributed by atoms with Crippen LogP contribution in [0.15, 0.2) is 46.0 Å². The summed E-state index contributed by atoms with van der Waals surface area (Å²) in [6, 6.07) is 9.75. The number of aromatic nitrogens is 2. The van der Waals surface area contributed by atoms with Crippen LogP contribution in [0.3, 0.4) is 0 Å². The van der Waals surface area contributed by atoms with Gasteiger partial charge in [0.15, 0.2) is 17.6 Å². The molecule has 0 aliphatic carbocycles. The lowest BCUT2D eigenvalue weighted by Gasteiger charge is -2.31. The fraction of sp³-hybridized carbons (Fsp3) is 0.462. The third kappa shape index (κ3) is 5.09. The maximum atomic E-state index is 13.7. The van der Waals surface area contributed by atoms with Crippen molar-refractivity contribution < 1.29 is 23.0 Å². The van der Waals surface area contributed by atoms with Crippen LogP contribution in [-0.2, 0) is 6.54 Å². The first-order valence-corrected chi connectivity index (χ1v) is 11.9. The summed E-state index contributed by atoms with van der Waals surface area (Å²) in [7, 11) is 5.08. The Morgan fingerprint density at radius 2 is 1.67 bits per heavy atom. The smallest absolute Gasteiger partial charge is 0.332 e. The van der Waals surface area contributed by atoms with Gasteiger partial charge < -0.3 is 19.1 Å². The molecule has 0 saturated carbocycles. The van der Waals surface area contributed by atoms with Gasteiger partial charge in [-0.25, -0.2) is 13.6 Å². The number of hydrogen-bond donors (Lipinski definition) is 0. The molecule has 36 heavy (non-hydrogen) atoms. The molecule has 8 nitrogen and oxygen atoms in total. The van der Waals surface area contributed by atoms with Crippen LogP contribution >= 0.6 is 0 Å². The van der Waals surface area contributed by atoms with Crippen LogP contribution < -0.4 is 25.5 Å². The Hall–Kier alpha value is -3.40. The van der Waals surface area contributed by atoms with Crippen molar-refractivity contribution >= 4 is 10.9 Å². The first-order chi connectivity index (χ1) is 17.4. The minimum absolute atomic E-state index is 0.0171. The predicted molar refractivity (Wildman–Crippen MR) is 133 cm³/mol. The molecule has 1 aliphatic heterocycles. The Morgan fingerprint density at radius 3 is 2.31 bits per heavy atom. The zero-order valence-electron chi connectivity index (χ0n) is 20.7. The van der Waals surface area contributed by atoms with Crippen LogP contribution in [0.4, 0.5) is 8.78 Å². The highest BCUT2D eigenvalue weighted by Crippen LogP contribution is 2.29. The summed E-state index contributed by atoms with van der Waals surface area (Å²) in [5, 5.41) is 0.253. The lowest BCUT2D eigenvalue weighted by Crippen LogP contribution is -2.44. The zero-order valence-corrected chi connectivity index (χ0v) is 20.7. The summed E-state index contributed by atoms with van der Waals surface area (Å²) < 4.78 is 45.0. The summed E-state index contributed by atoms with van der Waals surface area (Å²) in [5.74, 6) is 1.19. The van der Waals surface area contributed by atoms with Gasteiger partial charge in [-0.3, -0.25) is 13.9 Å². The molecule has 1 aliphatic rings. The minimum Gasteiger partial charge on any atom is -0.493 e. The van der Waals surface area contributed by atoms with Crippen LogP contribution in [0.1, 0.15) is 24.4 Å². The molecule has 1 aromatic heterocycles. The Kier molecular flexibility index (Phi) is 7.93. The Balaban J connectivity index is 1.86. The molecule has 1 saturated heterocycles. The molecule has 0 N–H and O–H groups in total.